The zero-order valence-corrected chi connectivity index (χ0v) is 12.4. The third-order valence-electron chi connectivity index (χ3n) is 3.65. The second kappa shape index (κ2) is 5.85. The number of fused-ring (bicyclic) bond motifs is 1. The van der Waals surface area contributed by atoms with Crippen molar-refractivity contribution in [3.8, 4) is 5.75 Å². The van der Waals surface area contributed by atoms with Gasteiger partial charge in [-0.05, 0) is 39.1 Å². The van der Waals surface area contributed by atoms with Crippen LogP contribution in [0.2, 0.25) is 0 Å². The average molecular weight is 266 g/mol. The molecule has 0 aromatic heterocycles. The number of anilines is 1. The summed E-state index contributed by atoms with van der Waals surface area (Å²) in [4.78, 5) is 3.73. The second-order valence-electron chi connectivity index (χ2n) is 4.73. The van der Waals surface area contributed by atoms with Gasteiger partial charge in [-0.15, -0.1) is 11.8 Å². The normalized spacial score (nSPS) is 22.8. The molecule has 3 nitrogen and oxygen atoms in total. The maximum atomic E-state index is 5.31. The fourth-order valence-corrected chi connectivity index (χ4v) is 3.73. The molecule has 2 rings (SSSR count). The molecule has 0 spiro atoms. The molecule has 0 aliphatic carbocycles. The van der Waals surface area contributed by atoms with E-state index in [0.717, 1.165) is 12.3 Å². The van der Waals surface area contributed by atoms with E-state index in [-0.39, 0.29) is 0 Å². The van der Waals surface area contributed by atoms with Gasteiger partial charge in [0.15, 0.2) is 0 Å². The van der Waals surface area contributed by atoms with Crippen molar-refractivity contribution in [3.63, 3.8) is 0 Å². The van der Waals surface area contributed by atoms with E-state index in [0.29, 0.717) is 11.3 Å². The molecular weight excluding hydrogens is 244 g/mol. The van der Waals surface area contributed by atoms with Gasteiger partial charge in [0.05, 0.1) is 12.8 Å². The van der Waals surface area contributed by atoms with Crippen LogP contribution in [0, 0.1) is 0 Å². The molecule has 4 heteroatoms. The first-order valence-corrected chi connectivity index (χ1v) is 7.27. The first-order chi connectivity index (χ1) is 8.67. The predicted molar refractivity (Wildman–Crippen MR) is 79.0 cm³/mol. The van der Waals surface area contributed by atoms with Crippen molar-refractivity contribution in [2.75, 3.05) is 32.6 Å². The van der Waals surface area contributed by atoms with E-state index in [1.807, 2.05) is 24.9 Å². The van der Waals surface area contributed by atoms with Gasteiger partial charge in [0.25, 0.3) is 0 Å². The van der Waals surface area contributed by atoms with Crippen molar-refractivity contribution < 1.29 is 4.74 Å². The summed E-state index contributed by atoms with van der Waals surface area (Å²) in [7, 11) is 5.91. The van der Waals surface area contributed by atoms with Crippen molar-refractivity contribution in [1.29, 1.82) is 0 Å². The molecule has 1 aromatic rings. The van der Waals surface area contributed by atoms with E-state index in [1.165, 1.54) is 17.0 Å². The van der Waals surface area contributed by atoms with Crippen LogP contribution >= 0.6 is 11.8 Å². The second-order valence-corrected chi connectivity index (χ2v) is 6.01. The molecule has 1 N–H and O–H groups in total. The van der Waals surface area contributed by atoms with Crippen molar-refractivity contribution in [1.82, 2.24) is 5.32 Å². The van der Waals surface area contributed by atoms with E-state index < -0.39 is 0 Å². The van der Waals surface area contributed by atoms with E-state index in [9.17, 15) is 0 Å². The van der Waals surface area contributed by atoms with Crippen LogP contribution in [0.3, 0.4) is 0 Å². The van der Waals surface area contributed by atoms with Gasteiger partial charge in [-0.1, -0.05) is 0 Å². The van der Waals surface area contributed by atoms with Gasteiger partial charge in [0, 0.05) is 29.3 Å². The van der Waals surface area contributed by atoms with Crippen LogP contribution in [0.15, 0.2) is 23.1 Å². The van der Waals surface area contributed by atoms with E-state index in [1.54, 1.807) is 7.11 Å². The highest BCUT2D eigenvalue weighted by molar-refractivity contribution is 8.00. The van der Waals surface area contributed by atoms with Crippen LogP contribution in [-0.2, 0) is 0 Å². The van der Waals surface area contributed by atoms with Gasteiger partial charge >= 0.3 is 0 Å². The molecule has 0 radical (unpaired) electrons. The minimum absolute atomic E-state index is 0.544. The molecule has 2 atom stereocenters. The molecule has 0 saturated heterocycles. The molecule has 100 valence electrons. The average Bonchev–Trinajstić information content (AvgIpc) is 2.41. The highest BCUT2D eigenvalue weighted by atomic mass is 32.2. The SMILES string of the molecule is CNCCC1Sc2ccc(OC)cc2N(C)C1C. The van der Waals surface area contributed by atoms with Crippen LogP contribution in [0.25, 0.3) is 0 Å². The molecular formula is C14H22N2OS. The fourth-order valence-electron chi connectivity index (χ4n) is 2.32. The summed E-state index contributed by atoms with van der Waals surface area (Å²) in [5.41, 5.74) is 1.28. The van der Waals surface area contributed by atoms with Crippen LogP contribution in [-0.4, -0.2) is 39.0 Å². The Balaban J connectivity index is 2.23. The van der Waals surface area contributed by atoms with Gasteiger partial charge in [-0.3, -0.25) is 0 Å². The number of benzene rings is 1. The molecule has 0 saturated carbocycles. The monoisotopic (exact) mass is 266 g/mol. The number of hydrogen-bond donors (Lipinski definition) is 1. The molecule has 1 aliphatic heterocycles. The van der Waals surface area contributed by atoms with Crippen LogP contribution < -0.4 is 15.0 Å². The Morgan fingerprint density at radius 2 is 2.22 bits per heavy atom. The topological polar surface area (TPSA) is 24.5 Å². The molecule has 2 unspecified atom stereocenters. The van der Waals surface area contributed by atoms with Gasteiger partial charge in [-0.25, -0.2) is 0 Å². The third kappa shape index (κ3) is 2.59. The smallest absolute Gasteiger partial charge is 0.121 e. The number of nitrogens with zero attached hydrogens (tertiary/aromatic N) is 1. The summed E-state index contributed by atoms with van der Waals surface area (Å²) in [6, 6.07) is 6.90. The van der Waals surface area contributed by atoms with Crippen LogP contribution in [0.1, 0.15) is 13.3 Å². The summed E-state index contributed by atoms with van der Waals surface area (Å²) in [6.07, 6.45) is 1.19. The van der Waals surface area contributed by atoms with Crippen molar-refractivity contribution in [3.05, 3.63) is 18.2 Å². The first kappa shape index (κ1) is 13.6. The number of hydrogen-bond acceptors (Lipinski definition) is 4. The Hall–Kier alpha value is -0.870. The number of methoxy groups -OCH3 is 1. The molecule has 0 bridgehead atoms. The Labute approximate surface area is 114 Å². The minimum atomic E-state index is 0.544. The summed E-state index contributed by atoms with van der Waals surface area (Å²) in [5.74, 6) is 0.932. The van der Waals surface area contributed by atoms with Gasteiger partial charge < -0.3 is 15.0 Å². The first-order valence-electron chi connectivity index (χ1n) is 6.39. The van der Waals surface area contributed by atoms with E-state index in [2.05, 4.69) is 36.3 Å². The van der Waals surface area contributed by atoms with Crippen molar-refractivity contribution >= 4 is 17.4 Å². The maximum Gasteiger partial charge on any atom is 0.121 e. The number of rotatable bonds is 4. The largest absolute Gasteiger partial charge is 0.497 e. The van der Waals surface area contributed by atoms with Crippen molar-refractivity contribution in [2.45, 2.75) is 29.5 Å². The van der Waals surface area contributed by atoms with Gasteiger partial charge in [0.2, 0.25) is 0 Å². The number of nitrogens with one attached hydrogen (secondary N) is 1. The Morgan fingerprint density at radius 3 is 2.89 bits per heavy atom. The lowest BCUT2D eigenvalue weighted by molar-refractivity contribution is 0.414. The minimum Gasteiger partial charge on any atom is -0.497 e. The summed E-state index contributed by atoms with van der Waals surface area (Å²) in [5, 5.41) is 3.88. The molecule has 1 aromatic carbocycles. The fraction of sp³-hybridized carbons (Fsp3) is 0.571. The summed E-state index contributed by atoms with van der Waals surface area (Å²) in [6.45, 7) is 3.37. The molecule has 0 fully saturated rings. The zero-order valence-electron chi connectivity index (χ0n) is 11.6. The molecule has 18 heavy (non-hydrogen) atoms. The highest BCUT2D eigenvalue weighted by Gasteiger charge is 2.29. The van der Waals surface area contributed by atoms with E-state index >= 15 is 0 Å². The van der Waals surface area contributed by atoms with Gasteiger partial charge in [-0.2, -0.15) is 0 Å². The lowest BCUT2D eigenvalue weighted by Gasteiger charge is -2.39. The molecule has 1 aliphatic rings. The Bertz CT molecular complexity index is 411. The van der Waals surface area contributed by atoms with Gasteiger partial charge in [0.1, 0.15) is 5.75 Å². The predicted octanol–water partition coefficient (Wildman–Crippen LogP) is 2.60. The standard InChI is InChI=1S/C14H22N2OS/c1-10-13(7-8-15-2)18-14-6-5-11(17-4)9-12(14)16(10)3/h5-6,9-10,13,15H,7-8H2,1-4H3. The molecule has 1 heterocycles. The maximum absolute atomic E-state index is 5.31. The Kier molecular flexibility index (Phi) is 4.40. The lowest BCUT2D eigenvalue weighted by Crippen LogP contribution is -2.41. The summed E-state index contributed by atoms with van der Waals surface area (Å²) < 4.78 is 5.31. The molecule has 0 amide bonds. The summed E-state index contributed by atoms with van der Waals surface area (Å²) >= 11 is 1.99. The van der Waals surface area contributed by atoms with Crippen LogP contribution in [0.4, 0.5) is 5.69 Å². The van der Waals surface area contributed by atoms with Crippen molar-refractivity contribution in [2.24, 2.45) is 0 Å². The highest BCUT2D eigenvalue weighted by Crippen LogP contribution is 2.43. The number of thioether (sulfide) groups is 1. The third-order valence-corrected chi connectivity index (χ3v) is 5.18. The van der Waals surface area contributed by atoms with E-state index in [4.69, 9.17) is 4.74 Å². The number of ether oxygens (including phenoxy) is 1. The lowest BCUT2D eigenvalue weighted by atomic mass is 10.1. The zero-order chi connectivity index (χ0) is 13.1. The Morgan fingerprint density at radius 1 is 1.44 bits per heavy atom. The van der Waals surface area contributed by atoms with Crippen LogP contribution in [0.5, 0.6) is 5.75 Å². The quantitative estimate of drug-likeness (QED) is 0.905.